The predicted molar refractivity (Wildman–Crippen MR) is 100 cm³/mol. The number of aliphatic hydroxyl groups excluding tert-OH is 1. The van der Waals surface area contributed by atoms with E-state index >= 15 is 0 Å². The number of pyridine rings is 1. The van der Waals surface area contributed by atoms with Gasteiger partial charge in [-0.05, 0) is 49.6 Å². The number of ketones is 2. The first-order valence-corrected chi connectivity index (χ1v) is 8.91. The largest absolute Gasteiger partial charge is 0.392 e. The first-order valence-electron chi connectivity index (χ1n) is 8.12. The normalized spacial score (nSPS) is 18.6. The van der Waals surface area contributed by atoms with Crippen LogP contribution in [0.3, 0.4) is 0 Å². The van der Waals surface area contributed by atoms with Crippen LogP contribution in [0.2, 0.25) is 0 Å². The Morgan fingerprint density at radius 3 is 2.72 bits per heavy atom. The third kappa shape index (κ3) is 3.50. The van der Waals surface area contributed by atoms with Crippen LogP contribution < -0.4 is 5.32 Å². The lowest BCUT2D eigenvalue weighted by Crippen LogP contribution is -2.30. The molecule has 1 aromatic carbocycles. The zero-order valence-corrected chi connectivity index (χ0v) is 15.7. The number of anilines is 1. The summed E-state index contributed by atoms with van der Waals surface area (Å²) in [4.78, 5) is 29.2. The lowest BCUT2D eigenvalue weighted by molar-refractivity contribution is -0.116. The van der Waals surface area contributed by atoms with Crippen LogP contribution >= 0.6 is 15.9 Å². The maximum atomic E-state index is 12.6. The molecule has 0 saturated carbocycles. The SMILES string of the molecule is CC1=C(C)C(=O)C(Nc2cc(CO)c3ccc(Br)cc3n2)CCC1=O. The van der Waals surface area contributed by atoms with Gasteiger partial charge >= 0.3 is 0 Å². The monoisotopic (exact) mass is 402 g/mol. The van der Waals surface area contributed by atoms with Crippen molar-refractivity contribution < 1.29 is 14.7 Å². The number of aromatic nitrogens is 1. The Hall–Kier alpha value is -2.05. The van der Waals surface area contributed by atoms with Crippen LogP contribution in [-0.4, -0.2) is 27.7 Å². The molecule has 2 aromatic rings. The molecule has 0 spiro atoms. The molecule has 1 aromatic heterocycles. The van der Waals surface area contributed by atoms with E-state index in [0.717, 1.165) is 20.9 Å². The molecule has 6 heteroatoms. The summed E-state index contributed by atoms with van der Waals surface area (Å²) in [5.41, 5.74) is 2.51. The molecule has 1 atom stereocenters. The van der Waals surface area contributed by atoms with Crippen LogP contribution in [0, 0.1) is 0 Å². The van der Waals surface area contributed by atoms with Gasteiger partial charge in [-0.1, -0.05) is 22.0 Å². The van der Waals surface area contributed by atoms with E-state index < -0.39 is 6.04 Å². The molecule has 2 N–H and O–H groups in total. The Balaban J connectivity index is 1.97. The quantitative estimate of drug-likeness (QED) is 0.820. The number of hydrogen-bond acceptors (Lipinski definition) is 5. The minimum Gasteiger partial charge on any atom is -0.392 e. The fraction of sp³-hybridized carbons (Fsp3) is 0.316. The molecule has 25 heavy (non-hydrogen) atoms. The third-order valence-corrected chi connectivity index (χ3v) is 5.17. The molecule has 0 radical (unpaired) electrons. The van der Waals surface area contributed by atoms with Crippen molar-refractivity contribution in [1.82, 2.24) is 4.98 Å². The van der Waals surface area contributed by atoms with E-state index in [9.17, 15) is 14.7 Å². The lowest BCUT2D eigenvalue weighted by Gasteiger charge is -2.18. The summed E-state index contributed by atoms with van der Waals surface area (Å²) in [5, 5.41) is 13.7. The summed E-state index contributed by atoms with van der Waals surface area (Å²) >= 11 is 3.42. The van der Waals surface area contributed by atoms with Crippen LogP contribution in [0.15, 0.2) is 39.9 Å². The fourth-order valence-electron chi connectivity index (χ4n) is 3.04. The van der Waals surface area contributed by atoms with E-state index in [1.54, 1.807) is 19.9 Å². The molecule has 0 amide bonds. The number of halogens is 1. The lowest BCUT2D eigenvalue weighted by atomic mass is 10.0. The van der Waals surface area contributed by atoms with Gasteiger partial charge in [0.05, 0.1) is 18.2 Å². The molecule has 0 saturated heterocycles. The van der Waals surface area contributed by atoms with E-state index in [1.165, 1.54) is 0 Å². The van der Waals surface area contributed by atoms with Crippen LogP contribution in [0.25, 0.3) is 10.9 Å². The molecule has 0 aliphatic heterocycles. The van der Waals surface area contributed by atoms with E-state index in [4.69, 9.17) is 0 Å². The van der Waals surface area contributed by atoms with Crippen molar-refractivity contribution >= 4 is 44.2 Å². The highest BCUT2D eigenvalue weighted by Gasteiger charge is 2.27. The highest BCUT2D eigenvalue weighted by atomic mass is 79.9. The molecule has 1 unspecified atom stereocenters. The topological polar surface area (TPSA) is 79.3 Å². The minimum atomic E-state index is -0.495. The van der Waals surface area contributed by atoms with E-state index in [-0.39, 0.29) is 18.2 Å². The molecule has 5 nitrogen and oxygen atoms in total. The van der Waals surface area contributed by atoms with Gasteiger partial charge in [0.2, 0.25) is 0 Å². The number of carbonyl (C=O) groups excluding carboxylic acids is 2. The predicted octanol–water partition coefficient (Wildman–Crippen LogP) is 3.54. The van der Waals surface area contributed by atoms with Crippen molar-refractivity contribution in [3.8, 4) is 0 Å². The van der Waals surface area contributed by atoms with Gasteiger partial charge in [0, 0.05) is 21.9 Å². The smallest absolute Gasteiger partial charge is 0.181 e. The maximum absolute atomic E-state index is 12.6. The molecule has 130 valence electrons. The van der Waals surface area contributed by atoms with Gasteiger partial charge in [0.1, 0.15) is 5.82 Å². The number of aliphatic hydroxyl groups is 1. The number of nitrogens with one attached hydrogen (secondary N) is 1. The van der Waals surface area contributed by atoms with Crippen LogP contribution in [0.4, 0.5) is 5.82 Å². The Kier molecular flexibility index (Phi) is 5.01. The van der Waals surface area contributed by atoms with Crippen molar-refractivity contribution in [2.75, 3.05) is 5.32 Å². The standard InChI is InChI=1S/C19H19BrN2O3/c1-10-11(2)19(25)15(5-6-17(10)24)21-18-7-12(9-23)14-4-3-13(20)8-16(14)22-18/h3-4,7-8,15,23H,5-6,9H2,1-2H3,(H,21,22). The molecule has 1 heterocycles. The van der Waals surface area contributed by atoms with Crippen molar-refractivity contribution in [1.29, 1.82) is 0 Å². The summed E-state index contributed by atoms with van der Waals surface area (Å²) in [7, 11) is 0. The van der Waals surface area contributed by atoms with Gasteiger partial charge in [-0.3, -0.25) is 9.59 Å². The molecule has 1 aliphatic carbocycles. The Morgan fingerprint density at radius 2 is 2.00 bits per heavy atom. The summed E-state index contributed by atoms with van der Waals surface area (Å²) in [6.45, 7) is 3.28. The summed E-state index contributed by atoms with van der Waals surface area (Å²) in [6, 6.07) is 6.92. The number of allylic oxidation sites excluding steroid dienone is 1. The zero-order valence-electron chi connectivity index (χ0n) is 14.1. The number of nitrogens with zero attached hydrogens (tertiary/aromatic N) is 1. The molecular formula is C19H19BrN2O3. The number of hydrogen-bond donors (Lipinski definition) is 2. The molecule has 0 fully saturated rings. The number of benzene rings is 1. The van der Waals surface area contributed by atoms with Crippen molar-refractivity contribution in [2.45, 2.75) is 39.3 Å². The van der Waals surface area contributed by atoms with Gasteiger partial charge in [-0.25, -0.2) is 4.98 Å². The average molecular weight is 403 g/mol. The van der Waals surface area contributed by atoms with E-state index in [0.29, 0.717) is 29.8 Å². The van der Waals surface area contributed by atoms with Gasteiger partial charge in [-0.15, -0.1) is 0 Å². The number of fused-ring (bicyclic) bond motifs is 1. The molecule has 1 aliphatic rings. The van der Waals surface area contributed by atoms with Crippen molar-refractivity contribution in [2.24, 2.45) is 0 Å². The van der Waals surface area contributed by atoms with Gasteiger partial charge in [0.25, 0.3) is 0 Å². The van der Waals surface area contributed by atoms with Crippen molar-refractivity contribution in [3.05, 3.63) is 45.4 Å². The first-order chi connectivity index (χ1) is 11.9. The average Bonchev–Trinajstić information content (AvgIpc) is 2.68. The number of carbonyl (C=O) groups is 2. The second kappa shape index (κ2) is 7.06. The summed E-state index contributed by atoms with van der Waals surface area (Å²) in [6.07, 6.45) is 0.761. The van der Waals surface area contributed by atoms with Gasteiger partial charge in [0.15, 0.2) is 11.6 Å². The van der Waals surface area contributed by atoms with Gasteiger partial charge < -0.3 is 10.4 Å². The Labute approximate surface area is 154 Å². The number of Topliss-reactive ketones (excluding diaryl/α,β-unsaturated/α-hetero) is 2. The highest BCUT2D eigenvalue weighted by molar-refractivity contribution is 9.10. The molecular weight excluding hydrogens is 384 g/mol. The Morgan fingerprint density at radius 1 is 1.24 bits per heavy atom. The third-order valence-electron chi connectivity index (χ3n) is 4.68. The zero-order chi connectivity index (χ0) is 18.1. The first kappa shape index (κ1) is 17.8. The van der Waals surface area contributed by atoms with Crippen LogP contribution in [-0.2, 0) is 16.2 Å². The molecule has 0 bridgehead atoms. The van der Waals surface area contributed by atoms with Crippen LogP contribution in [0.5, 0.6) is 0 Å². The van der Waals surface area contributed by atoms with Gasteiger partial charge in [-0.2, -0.15) is 0 Å². The second-order valence-electron chi connectivity index (χ2n) is 6.26. The fourth-order valence-corrected chi connectivity index (χ4v) is 3.39. The van der Waals surface area contributed by atoms with Crippen molar-refractivity contribution in [3.63, 3.8) is 0 Å². The van der Waals surface area contributed by atoms with Crippen LogP contribution in [0.1, 0.15) is 32.3 Å². The Bertz CT molecular complexity index is 905. The maximum Gasteiger partial charge on any atom is 0.181 e. The molecule has 3 rings (SSSR count). The summed E-state index contributed by atoms with van der Waals surface area (Å²) < 4.78 is 0.888. The number of rotatable bonds is 3. The summed E-state index contributed by atoms with van der Waals surface area (Å²) in [5.74, 6) is 0.458. The minimum absolute atomic E-state index is 0.0154. The highest BCUT2D eigenvalue weighted by Crippen LogP contribution is 2.26. The second-order valence-corrected chi connectivity index (χ2v) is 7.17. The van der Waals surface area contributed by atoms with E-state index in [1.807, 2.05) is 18.2 Å². The van der Waals surface area contributed by atoms with E-state index in [2.05, 4.69) is 26.2 Å².